The Morgan fingerprint density at radius 2 is 2.22 bits per heavy atom. The number of rotatable bonds is 5. The van der Waals surface area contributed by atoms with Gasteiger partial charge in [-0.2, -0.15) is 10.1 Å². The lowest BCUT2D eigenvalue weighted by Gasteiger charge is -2.05. The van der Waals surface area contributed by atoms with Crippen LogP contribution in [0.4, 0.5) is 0 Å². The van der Waals surface area contributed by atoms with Crippen molar-refractivity contribution in [2.45, 2.75) is 26.9 Å². The van der Waals surface area contributed by atoms with Gasteiger partial charge in [0.2, 0.25) is 0 Å². The van der Waals surface area contributed by atoms with Crippen LogP contribution in [0.1, 0.15) is 18.3 Å². The molecule has 0 aliphatic carbocycles. The molecule has 2 aromatic heterocycles. The average molecular weight is 247 g/mol. The number of hydrogen-bond acceptors (Lipinski definition) is 5. The van der Waals surface area contributed by atoms with Crippen molar-refractivity contribution in [3.63, 3.8) is 0 Å². The Bertz CT molecular complexity index is 523. The van der Waals surface area contributed by atoms with Crippen molar-refractivity contribution in [1.82, 2.24) is 25.1 Å². The quantitative estimate of drug-likeness (QED) is 0.867. The van der Waals surface area contributed by atoms with Crippen LogP contribution in [0.15, 0.2) is 18.5 Å². The molecule has 0 amide bonds. The van der Waals surface area contributed by atoms with E-state index in [1.165, 1.54) is 0 Å². The molecule has 0 atom stereocenters. The van der Waals surface area contributed by atoms with Crippen molar-refractivity contribution >= 4 is 0 Å². The first kappa shape index (κ1) is 12.5. The Kier molecular flexibility index (Phi) is 3.88. The smallest absolute Gasteiger partial charge is 0.322 e. The van der Waals surface area contributed by atoms with E-state index < -0.39 is 0 Å². The number of aryl methyl sites for hydroxylation is 2. The van der Waals surface area contributed by atoms with E-state index in [0.29, 0.717) is 18.3 Å². The lowest BCUT2D eigenvalue weighted by Crippen LogP contribution is -2.08. The van der Waals surface area contributed by atoms with Gasteiger partial charge in [-0.15, -0.1) is 0 Å². The highest BCUT2D eigenvalue weighted by molar-refractivity contribution is 5.19. The van der Waals surface area contributed by atoms with Crippen molar-refractivity contribution < 1.29 is 4.74 Å². The molecule has 0 aliphatic rings. The van der Waals surface area contributed by atoms with Crippen LogP contribution in [0.25, 0.3) is 0 Å². The van der Waals surface area contributed by atoms with Gasteiger partial charge in [0.25, 0.3) is 0 Å². The Hall–Kier alpha value is -1.95. The molecule has 96 valence electrons. The van der Waals surface area contributed by atoms with Gasteiger partial charge in [0, 0.05) is 18.8 Å². The highest BCUT2D eigenvalue weighted by Gasteiger charge is 2.06. The normalized spacial score (nSPS) is 10.6. The molecule has 0 aliphatic heterocycles. The number of aromatic nitrogens is 4. The molecule has 0 saturated heterocycles. The van der Waals surface area contributed by atoms with E-state index in [0.717, 1.165) is 17.9 Å². The summed E-state index contributed by atoms with van der Waals surface area (Å²) in [6.45, 7) is 5.44. The molecule has 6 nitrogen and oxygen atoms in total. The minimum absolute atomic E-state index is 0.357. The van der Waals surface area contributed by atoms with Gasteiger partial charge in [0.1, 0.15) is 0 Å². The largest absolute Gasteiger partial charge is 0.421 e. The third-order valence-corrected chi connectivity index (χ3v) is 2.39. The van der Waals surface area contributed by atoms with Crippen LogP contribution in [0.3, 0.4) is 0 Å². The summed E-state index contributed by atoms with van der Waals surface area (Å²) in [6.07, 6.45) is 3.48. The summed E-state index contributed by atoms with van der Waals surface area (Å²) in [5.74, 6) is 0.651. The summed E-state index contributed by atoms with van der Waals surface area (Å²) in [5, 5.41) is 7.19. The maximum Gasteiger partial charge on any atom is 0.322 e. The Morgan fingerprint density at radius 3 is 2.89 bits per heavy atom. The highest BCUT2D eigenvalue weighted by atomic mass is 16.5. The van der Waals surface area contributed by atoms with Gasteiger partial charge in [0.05, 0.1) is 18.1 Å². The Balaban J connectivity index is 2.17. The van der Waals surface area contributed by atoms with E-state index in [9.17, 15) is 0 Å². The molecule has 0 spiro atoms. The Morgan fingerprint density at radius 1 is 1.39 bits per heavy atom. The summed E-state index contributed by atoms with van der Waals surface area (Å²) >= 11 is 0. The van der Waals surface area contributed by atoms with Gasteiger partial charge < -0.3 is 10.1 Å². The van der Waals surface area contributed by atoms with E-state index in [-0.39, 0.29) is 0 Å². The predicted octanol–water partition coefficient (Wildman–Crippen LogP) is 1.51. The average Bonchev–Trinajstić information content (AvgIpc) is 2.76. The zero-order chi connectivity index (χ0) is 13.0. The maximum atomic E-state index is 5.60. The van der Waals surface area contributed by atoms with Crippen LogP contribution < -0.4 is 10.1 Å². The van der Waals surface area contributed by atoms with Crippen molar-refractivity contribution in [2.24, 2.45) is 0 Å². The number of nitrogens with zero attached hydrogens (tertiary/aromatic N) is 4. The molecule has 6 heteroatoms. The fourth-order valence-corrected chi connectivity index (χ4v) is 1.60. The van der Waals surface area contributed by atoms with Crippen LogP contribution in [0.5, 0.6) is 11.8 Å². The van der Waals surface area contributed by atoms with Gasteiger partial charge in [-0.3, -0.25) is 4.68 Å². The van der Waals surface area contributed by atoms with E-state index >= 15 is 0 Å². The SMILES string of the molecule is CCn1cc(Oc2nc(C)cc(CNC)n2)cn1. The molecule has 1 N–H and O–H groups in total. The van der Waals surface area contributed by atoms with E-state index in [2.05, 4.69) is 20.4 Å². The van der Waals surface area contributed by atoms with Crippen LogP contribution >= 0.6 is 0 Å². The molecule has 0 aromatic carbocycles. The molecule has 0 fully saturated rings. The minimum Gasteiger partial charge on any atom is -0.421 e. The lowest BCUT2D eigenvalue weighted by molar-refractivity contribution is 0.436. The molecular weight excluding hydrogens is 230 g/mol. The van der Waals surface area contributed by atoms with Crippen molar-refractivity contribution in [2.75, 3.05) is 7.05 Å². The van der Waals surface area contributed by atoms with Gasteiger partial charge in [0.15, 0.2) is 5.75 Å². The van der Waals surface area contributed by atoms with Crippen LogP contribution in [-0.4, -0.2) is 26.8 Å². The van der Waals surface area contributed by atoms with E-state index in [4.69, 9.17) is 4.74 Å². The molecule has 2 heterocycles. The summed E-state index contributed by atoms with van der Waals surface area (Å²) in [4.78, 5) is 8.57. The van der Waals surface area contributed by atoms with Gasteiger partial charge in [-0.05, 0) is 27.0 Å². The van der Waals surface area contributed by atoms with Gasteiger partial charge >= 0.3 is 6.01 Å². The minimum atomic E-state index is 0.357. The first-order chi connectivity index (χ1) is 8.71. The molecule has 18 heavy (non-hydrogen) atoms. The van der Waals surface area contributed by atoms with Crippen molar-refractivity contribution in [3.8, 4) is 11.8 Å². The second-order valence-corrected chi connectivity index (χ2v) is 3.95. The predicted molar refractivity (Wildman–Crippen MR) is 67.5 cm³/mol. The summed E-state index contributed by atoms with van der Waals surface area (Å²) in [6, 6.07) is 2.29. The third-order valence-electron chi connectivity index (χ3n) is 2.39. The molecule has 0 saturated carbocycles. The standard InChI is InChI=1S/C12H17N5O/c1-4-17-8-11(7-14-17)18-12-15-9(2)5-10(16-12)6-13-3/h5,7-8,13H,4,6H2,1-3H3. The first-order valence-corrected chi connectivity index (χ1v) is 5.90. The highest BCUT2D eigenvalue weighted by Crippen LogP contribution is 2.17. The molecule has 0 unspecified atom stereocenters. The second kappa shape index (κ2) is 5.59. The monoisotopic (exact) mass is 247 g/mol. The Labute approximate surface area is 106 Å². The third kappa shape index (κ3) is 3.04. The van der Waals surface area contributed by atoms with E-state index in [1.807, 2.05) is 33.2 Å². The molecule has 2 rings (SSSR count). The van der Waals surface area contributed by atoms with E-state index in [1.54, 1.807) is 10.9 Å². The zero-order valence-electron chi connectivity index (χ0n) is 10.8. The number of hydrogen-bond donors (Lipinski definition) is 1. The van der Waals surface area contributed by atoms with Crippen LogP contribution in [-0.2, 0) is 13.1 Å². The van der Waals surface area contributed by atoms with Crippen LogP contribution in [0, 0.1) is 6.92 Å². The number of nitrogens with one attached hydrogen (secondary N) is 1. The lowest BCUT2D eigenvalue weighted by atomic mass is 10.3. The summed E-state index contributed by atoms with van der Waals surface area (Å²) in [5.41, 5.74) is 1.79. The second-order valence-electron chi connectivity index (χ2n) is 3.95. The first-order valence-electron chi connectivity index (χ1n) is 5.90. The molecule has 0 bridgehead atoms. The fraction of sp³-hybridized carbons (Fsp3) is 0.417. The number of ether oxygens (including phenoxy) is 1. The fourth-order valence-electron chi connectivity index (χ4n) is 1.60. The van der Waals surface area contributed by atoms with Gasteiger partial charge in [-0.1, -0.05) is 0 Å². The van der Waals surface area contributed by atoms with Gasteiger partial charge in [-0.25, -0.2) is 4.98 Å². The maximum absolute atomic E-state index is 5.60. The van der Waals surface area contributed by atoms with Crippen LogP contribution in [0.2, 0.25) is 0 Å². The molecule has 0 radical (unpaired) electrons. The zero-order valence-corrected chi connectivity index (χ0v) is 10.8. The molecular formula is C12H17N5O. The summed E-state index contributed by atoms with van der Waals surface area (Å²) in [7, 11) is 1.88. The van der Waals surface area contributed by atoms with Crippen molar-refractivity contribution in [1.29, 1.82) is 0 Å². The topological polar surface area (TPSA) is 64.9 Å². The molecule has 2 aromatic rings. The summed E-state index contributed by atoms with van der Waals surface area (Å²) < 4.78 is 7.39. The van der Waals surface area contributed by atoms with Crippen molar-refractivity contribution in [3.05, 3.63) is 29.8 Å².